The molecule has 0 aromatic carbocycles. The van der Waals surface area contributed by atoms with Crippen molar-refractivity contribution in [3.05, 3.63) is 11.0 Å². The van der Waals surface area contributed by atoms with Crippen LogP contribution in [0.1, 0.15) is 20.3 Å². The first-order chi connectivity index (χ1) is 6.57. The maximum atomic E-state index is 11.1. The third-order valence-corrected chi connectivity index (χ3v) is 2.25. The lowest BCUT2D eigenvalue weighted by atomic mass is 10.4. The predicted octanol–water partition coefficient (Wildman–Crippen LogP) is 1.66. The number of thioether (sulfide) groups is 1. The molecule has 0 amide bonds. The summed E-state index contributed by atoms with van der Waals surface area (Å²) in [6.07, 6.45) is 0.0945. The molecule has 1 N–H and O–H groups in total. The first kappa shape index (κ1) is 13.0. The second-order valence-electron chi connectivity index (χ2n) is 2.54. The zero-order chi connectivity index (χ0) is 11.0. The fourth-order valence-corrected chi connectivity index (χ4v) is 1.38. The molecule has 0 aliphatic heterocycles. The summed E-state index contributed by atoms with van der Waals surface area (Å²) in [7, 11) is 0. The van der Waals surface area contributed by atoms with E-state index in [-0.39, 0.29) is 12.4 Å². The van der Waals surface area contributed by atoms with Gasteiger partial charge in [0.1, 0.15) is 0 Å². The monoisotopic (exact) mass is 218 g/mol. The molecule has 14 heavy (non-hydrogen) atoms. The maximum Gasteiger partial charge on any atom is 0.334 e. The summed E-state index contributed by atoms with van der Waals surface area (Å²) < 4.78 is 4.74. The summed E-state index contributed by atoms with van der Waals surface area (Å²) in [6.45, 7) is 3.73. The summed E-state index contributed by atoms with van der Waals surface area (Å²) in [5, 5.41) is 9.97. The Morgan fingerprint density at radius 1 is 1.50 bits per heavy atom. The molecule has 0 spiro atoms. The number of hydrogen-bond acceptors (Lipinski definition) is 4. The van der Waals surface area contributed by atoms with Gasteiger partial charge >= 0.3 is 11.9 Å². The Kier molecular flexibility index (Phi) is 6.92. The molecule has 0 fully saturated rings. The lowest BCUT2D eigenvalue weighted by Gasteiger charge is -2.00. The van der Waals surface area contributed by atoms with Gasteiger partial charge in [-0.1, -0.05) is 0 Å². The molecule has 0 aliphatic carbocycles. The van der Waals surface area contributed by atoms with Crippen LogP contribution in [-0.2, 0) is 14.3 Å². The Morgan fingerprint density at radius 2 is 2.14 bits per heavy atom. The highest BCUT2D eigenvalue weighted by atomic mass is 32.2. The van der Waals surface area contributed by atoms with Gasteiger partial charge in [0.05, 0.1) is 13.0 Å². The van der Waals surface area contributed by atoms with Gasteiger partial charge in [0.2, 0.25) is 0 Å². The average molecular weight is 218 g/mol. The van der Waals surface area contributed by atoms with Crippen molar-refractivity contribution in [3.8, 4) is 0 Å². The molecule has 0 rings (SSSR count). The molecule has 0 unspecified atom stereocenters. The lowest BCUT2D eigenvalue weighted by molar-refractivity contribution is -0.138. The smallest absolute Gasteiger partial charge is 0.334 e. The Balaban J connectivity index is 3.76. The van der Waals surface area contributed by atoms with E-state index in [0.29, 0.717) is 17.9 Å². The predicted molar refractivity (Wildman–Crippen MR) is 55.1 cm³/mol. The Bertz CT molecular complexity index is 235. The topological polar surface area (TPSA) is 63.6 Å². The van der Waals surface area contributed by atoms with Gasteiger partial charge in [0.15, 0.2) is 0 Å². The summed E-state index contributed by atoms with van der Waals surface area (Å²) in [5.41, 5.74) is 0.502. The van der Waals surface area contributed by atoms with E-state index >= 15 is 0 Å². The zero-order valence-corrected chi connectivity index (χ0v) is 9.10. The highest BCUT2D eigenvalue weighted by Crippen LogP contribution is 2.09. The molecule has 0 aromatic rings. The van der Waals surface area contributed by atoms with Crippen LogP contribution < -0.4 is 0 Å². The van der Waals surface area contributed by atoms with E-state index in [4.69, 9.17) is 9.84 Å². The fourth-order valence-electron chi connectivity index (χ4n) is 0.623. The van der Waals surface area contributed by atoms with E-state index in [0.717, 1.165) is 0 Å². The molecule has 0 aliphatic rings. The summed E-state index contributed by atoms with van der Waals surface area (Å²) in [5.74, 6) is -0.721. The number of carbonyl (C=O) groups excluding carboxylic acids is 1. The van der Waals surface area contributed by atoms with E-state index in [1.54, 1.807) is 19.3 Å². The van der Waals surface area contributed by atoms with Gasteiger partial charge in [-0.3, -0.25) is 4.79 Å². The van der Waals surface area contributed by atoms with E-state index in [1.807, 2.05) is 0 Å². The molecule has 0 saturated carbocycles. The van der Waals surface area contributed by atoms with Gasteiger partial charge in [-0.2, -0.15) is 0 Å². The van der Waals surface area contributed by atoms with Crippen LogP contribution in [0.15, 0.2) is 11.0 Å². The van der Waals surface area contributed by atoms with Crippen molar-refractivity contribution in [2.45, 2.75) is 20.3 Å². The standard InChI is InChI=1S/C9H14O4S/c1-3-13-9(12)7(2)6-14-5-4-8(10)11/h6H,3-5H2,1-2H3,(H,10,11). The average Bonchev–Trinajstić information content (AvgIpc) is 2.12. The van der Waals surface area contributed by atoms with E-state index in [2.05, 4.69) is 0 Å². The van der Waals surface area contributed by atoms with Crippen molar-refractivity contribution in [1.29, 1.82) is 0 Å². The first-order valence-electron chi connectivity index (χ1n) is 4.25. The number of ether oxygens (including phenoxy) is 1. The Morgan fingerprint density at radius 3 is 2.64 bits per heavy atom. The molecule has 5 heteroatoms. The number of carbonyl (C=O) groups is 2. The van der Waals surface area contributed by atoms with Crippen molar-refractivity contribution < 1.29 is 19.4 Å². The van der Waals surface area contributed by atoms with Gasteiger partial charge in [-0.25, -0.2) is 4.79 Å². The molecule has 80 valence electrons. The minimum Gasteiger partial charge on any atom is -0.481 e. The molecule has 0 radical (unpaired) electrons. The minimum atomic E-state index is -0.834. The van der Waals surface area contributed by atoms with Gasteiger partial charge < -0.3 is 9.84 Å². The second kappa shape index (κ2) is 7.44. The quantitative estimate of drug-likeness (QED) is 0.417. The van der Waals surface area contributed by atoms with E-state index in [9.17, 15) is 9.59 Å². The summed E-state index contributed by atoms with van der Waals surface area (Å²) >= 11 is 1.30. The van der Waals surface area contributed by atoms with Gasteiger partial charge in [0, 0.05) is 11.3 Å². The largest absolute Gasteiger partial charge is 0.481 e. The Hall–Kier alpha value is -0.970. The van der Waals surface area contributed by atoms with Crippen LogP contribution in [-0.4, -0.2) is 29.4 Å². The first-order valence-corrected chi connectivity index (χ1v) is 5.30. The molecular weight excluding hydrogens is 204 g/mol. The zero-order valence-electron chi connectivity index (χ0n) is 8.28. The third-order valence-electron chi connectivity index (χ3n) is 1.29. The number of esters is 1. The normalized spacial score (nSPS) is 11.1. The van der Waals surface area contributed by atoms with Crippen LogP contribution in [0.25, 0.3) is 0 Å². The van der Waals surface area contributed by atoms with Gasteiger partial charge in [-0.15, -0.1) is 11.8 Å². The second-order valence-corrected chi connectivity index (χ2v) is 3.51. The van der Waals surface area contributed by atoms with Crippen LogP contribution in [0.3, 0.4) is 0 Å². The minimum absolute atomic E-state index is 0.0945. The number of carboxylic acids is 1. The summed E-state index contributed by atoms with van der Waals surface area (Å²) in [6, 6.07) is 0. The molecule has 0 bridgehead atoms. The molecule has 0 saturated heterocycles. The lowest BCUT2D eigenvalue weighted by Crippen LogP contribution is -2.04. The molecule has 0 atom stereocenters. The highest BCUT2D eigenvalue weighted by Gasteiger charge is 2.03. The van der Waals surface area contributed by atoms with Crippen LogP contribution in [0.5, 0.6) is 0 Å². The van der Waals surface area contributed by atoms with Crippen molar-refractivity contribution in [3.63, 3.8) is 0 Å². The van der Waals surface area contributed by atoms with Crippen LogP contribution in [0, 0.1) is 0 Å². The van der Waals surface area contributed by atoms with Crippen molar-refractivity contribution >= 4 is 23.7 Å². The fraction of sp³-hybridized carbons (Fsp3) is 0.556. The van der Waals surface area contributed by atoms with Crippen molar-refractivity contribution in [2.75, 3.05) is 12.4 Å². The maximum absolute atomic E-state index is 11.1. The SMILES string of the molecule is CCOC(=O)C(C)=CSCCC(=O)O. The van der Waals surface area contributed by atoms with E-state index in [1.165, 1.54) is 11.8 Å². The van der Waals surface area contributed by atoms with Crippen LogP contribution >= 0.6 is 11.8 Å². The molecular formula is C9H14O4S. The number of aliphatic carboxylic acids is 1. The number of rotatable bonds is 6. The molecule has 0 aromatic heterocycles. The van der Waals surface area contributed by atoms with E-state index < -0.39 is 5.97 Å². The number of carboxylic acid groups (broad SMARTS) is 1. The van der Waals surface area contributed by atoms with Gasteiger partial charge in [-0.05, 0) is 19.3 Å². The highest BCUT2D eigenvalue weighted by molar-refractivity contribution is 8.02. The third kappa shape index (κ3) is 6.54. The van der Waals surface area contributed by atoms with Crippen LogP contribution in [0.4, 0.5) is 0 Å². The van der Waals surface area contributed by atoms with Crippen molar-refractivity contribution in [2.24, 2.45) is 0 Å². The van der Waals surface area contributed by atoms with Crippen LogP contribution in [0.2, 0.25) is 0 Å². The molecule has 0 heterocycles. The Labute approximate surface area is 87.3 Å². The number of hydrogen-bond donors (Lipinski definition) is 1. The summed E-state index contributed by atoms with van der Waals surface area (Å²) in [4.78, 5) is 21.2. The van der Waals surface area contributed by atoms with Crippen molar-refractivity contribution in [1.82, 2.24) is 0 Å². The molecule has 4 nitrogen and oxygen atoms in total. The van der Waals surface area contributed by atoms with Gasteiger partial charge in [0.25, 0.3) is 0 Å².